The first kappa shape index (κ1) is 10.4. The van der Waals surface area contributed by atoms with Crippen molar-refractivity contribution in [1.82, 2.24) is 9.97 Å². The molecule has 1 aliphatic rings. The van der Waals surface area contributed by atoms with Gasteiger partial charge in [-0.05, 0) is 19.3 Å². The number of hydrogen-bond donors (Lipinski definition) is 1. The fourth-order valence-electron chi connectivity index (χ4n) is 2.31. The average molecular weight is 208 g/mol. The number of hydrogen-bond acceptors (Lipinski definition) is 4. The van der Waals surface area contributed by atoms with Crippen LogP contribution in [0.2, 0.25) is 0 Å². The summed E-state index contributed by atoms with van der Waals surface area (Å²) < 4.78 is 5.20. The van der Waals surface area contributed by atoms with Gasteiger partial charge in [0, 0.05) is 17.8 Å². The van der Waals surface area contributed by atoms with Crippen LogP contribution in [0.1, 0.15) is 31.9 Å². The van der Waals surface area contributed by atoms with E-state index in [-0.39, 0.29) is 11.5 Å². The second kappa shape index (κ2) is 3.77. The minimum Gasteiger partial charge on any atom is -0.480 e. The van der Waals surface area contributed by atoms with Crippen LogP contribution in [0, 0.1) is 0 Å². The molecule has 0 spiro atoms. The molecule has 2 rings (SSSR count). The van der Waals surface area contributed by atoms with Crippen molar-refractivity contribution in [2.45, 2.75) is 37.7 Å². The van der Waals surface area contributed by atoms with Crippen molar-refractivity contribution in [2.75, 3.05) is 7.11 Å². The molecule has 2 unspecified atom stereocenters. The van der Waals surface area contributed by atoms with E-state index in [0.29, 0.717) is 5.88 Å². The Bertz CT molecular complexity index is 356. The van der Waals surface area contributed by atoms with Crippen molar-refractivity contribution in [1.29, 1.82) is 0 Å². The Labute approximate surface area is 89.3 Å². The normalized spacial score (nSPS) is 30.5. The topological polar surface area (TPSA) is 55.2 Å². The molecule has 0 saturated heterocycles. The van der Waals surface area contributed by atoms with Crippen LogP contribution in [-0.2, 0) is 5.41 Å². The third-order valence-electron chi connectivity index (χ3n) is 3.15. The summed E-state index contributed by atoms with van der Waals surface area (Å²) in [6.07, 6.45) is 5.58. The van der Waals surface area contributed by atoms with Gasteiger partial charge in [0.1, 0.15) is 5.69 Å². The maximum absolute atomic E-state index is 9.60. The smallest absolute Gasteiger partial charge is 0.235 e. The van der Waals surface area contributed by atoms with Gasteiger partial charge in [-0.2, -0.15) is 0 Å². The Balaban J connectivity index is 2.36. The van der Waals surface area contributed by atoms with Crippen LogP contribution >= 0.6 is 0 Å². The summed E-state index contributed by atoms with van der Waals surface area (Å²) in [5.41, 5.74) is 0.767. The lowest BCUT2D eigenvalue weighted by Crippen LogP contribution is -2.22. The molecule has 1 aromatic rings. The molecule has 15 heavy (non-hydrogen) atoms. The van der Waals surface area contributed by atoms with E-state index in [2.05, 4.69) is 16.9 Å². The predicted molar refractivity (Wildman–Crippen MR) is 55.8 cm³/mol. The van der Waals surface area contributed by atoms with E-state index in [0.717, 1.165) is 25.0 Å². The Hall–Kier alpha value is -1.16. The Morgan fingerprint density at radius 1 is 1.47 bits per heavy atom. The molecule has 0 amide bonds. The summed E-state index contributed by atoms with van der Waals surface area (Å²) in [7, 11) is 1.60. The maximum atomic E-state index is 9.60. The lowest BCUT2D eigenvalue weighted by atomic mass is 9.85. The fraction of sp³-hybridized carbons (Fsp3) is 0.636. The number of aliphatic hydroxyl groups is 1. The summed E-state index contributed by atoms with van der Waals surface area (Å²) in [5.74, 6) is 0.578. The highest BCUT2D eigenvalue weighted by atomic mass is 16.5. The van der Waals surface area contributed by atoms with Crippen LogP contribution in [0.25, 0.3) is 0 Å². The SMILES string of the molecule is COc1nccnc1C1(C)CCC(O)C1. The molecule has 1 heterocycles. The number of methoxy groups -OCH3 is 1. The molecule has 2 atom stereocenters. The van der Waals surface area contributed by atoms with Gasteiger partial charge < -0.3 is 9.84 Å². The summed E-state index contributed by atoms with van der Waals surface area (Å²) in [5, 5.41) is 9.60. The van der Waals surface area contributed by atoms with Crippen LogP contribution in [0.3, 0.4) is 0 Å². The van der Waals surface area contributed by atoms with Crippen LogP contribution in [0.15, 0.2) is 12.4 Å². The van der Waals surface area contributed by atoms with Crippen molar-refractivity contribution in [3.63, 3.8) is 0 Å². The summed E-state index contributed by atoms with van der Waals surface area (Å²) in [6, 6.07) is 0. The number of aromatic nitrogens is 2. The quantitative estimate of drug-likeness (QED) is 0.795. The van der Waals surface area contributed by atoms with Crippen LogP contribution in [-0.4, -0.2) is 28.3 Å². The molecule has 1 saturated carbocycles. The first-order valence-electron chi connectivity index (χ1n) is 5.19. The van der Waals surface area contributed by atoms with Crippen LogP contribution < -0.4 is 4.74 Å². The molecule has 0 aromatic carbocycles. The molecule has 1 fully saturated rings. The van der Waals surface area contributed by atoms with E-state index in [1.807, 2.05) is 0 Å². The van der Waals surface area contributed by atoms with Crippen molar-refractivity contribution >= 4 is 0 Å². The zero-order valence-electron chi connectivity index (χ0n) is 9.10. The van der Waals surface area contributed by atoms with Gasteiger partial charge in [0.15, 0.2) is 0 Å². The molecule has 82 valence electrons. The van der Waals surface area contributed by atoms with E-state index in [9.17, 15) is 5.11 Å². The number of nitrogens with zero attached hydrogens (tertiary/aromatic N) is 2. The first-order chi connectivity index (χ1) is 7.15. The van der Waals surface area contributed by atoms with Crippen molar-refractivity contribution in [3.8, 4) is 5.88 Å². The zero-order chi connectivity index (χ0) is 10.9. The van der Waals surface area contributed by atoms with Crippen molar-refractivity contribution < 1.29 is 9.84 Å². The maximum Gasteiger partial charge on any atom is 0.235 e. The first-order valence-corrected chi connectivity index (χ1v) is 5.19. The standard InChI is InChI=1S/C11H16N2O2/c1-11(4-3-8(14)7-11)9-10(15-2)13-6-5-12-9/h5-6,8,14H,3-4,7H2,1-2H3. The van der Waals surface area contributed by atoms with E-state index in [1.165, 1.54) is 0 Å². The monoisotopic (exact) mass is 208 g/mol. The minimum absolute atomic E-state index is 0.0982. The van der Waals surface area contributed by atoms with Crippen molar-refractivity contribution in [2.24, 2.45) is 0 Å². The van der Waals surface area contributed by atoms with Gasteiger partial charge in [0.25, 0.3) is 0 Å². The Morgan fingerprint density at radius 2 is 2.20 bits per heavy atom. The number of ether oxygens (including phenoxy) is 1. The Morgan fingerprint density at radius 3 is 2.80 bits per heavy atom. The van der Waals surface area contributed by atoms with E-state index >= 15 is 0 Å². The van der Waals surface area contributed by atoms with Gasteiger partial charge in [-0.15, -0.1) is 0 Å². The highest BCUT2D eigenvalue weighted by molar-refractivity contribution is 5.27. The largest absolute Gasteiger partial charge is 0.480 e. The lowest BCUT2D eigenvalue weighted by molar-refractivity contribution is 0.174. The molecule has 0 bridgehead atoms. The highest BCUT2D eigenvalue weighted by Crippen LogP contribution is 2.42. The third-order valence-corrected chi connectivity index (χ3v) is 3.15. The number of aliphatic hydroxyl groups excluding tert-OH is 1. The third kappa shape index (κ3) is 1.81. The second-order valence-electron chi connectivity index (χ2n) is 4.37. The molecular formula is C11H16N2O2. The lowest BCUT2D eigenvalue weighted by Gasteiger charge is -2.23. The van der Waals surface area contributed by atoms with E-state index in [4.69, 9.17) is 4.74 Å². The zero-order valence-corrected chi connectivity index (χ0v) is 9.10. The molecule has 4 nitrogen and oxygen atoms in total. The fourth-order valence-corrected chi connectivity index (χ4v) is 2.31. The number of rotatable bonds is 2. The second-order valence-corrected chi connectivity index (χ2v) is 4.37. The summed E-state index contributed by atoms with van der Waals surface area (Å²) in [4.78, 5) is 8.48. The van der Waals surface area contributed by atoms with Gasteiger partial charge in [0.2, 0.25) is 5.88 Å². The van der Waals surface area contributed by atoms with Crippen LogP contribution in [0.5, 0.6) is 5.88 Å². The van der Waals surface area contributed by atoms with Crippen LogP contribution in [0.4, 0.5) is 0 Å². The Kier molecular flexibility index (Phi) is 2.61. The van der Waals surface area contributed by atoms with Gasteiger partial charge in [0.05, 0.1) is 13.2 Å². The predicted octanol–water partition coefficient (Wildman–Crippen LogP) is 1.29. The van der Waals surface area contributed by atoms with Gasteiger partial charge in [-0.25, -0.2) is 4.98 Å². The average Bonchev–Trinajstić information content (AvgIpc) is 2.60. The minimum atomic E-state index is -0.221. The van der Waals surface area contributed by atoms with Gasteiger partial charge >= 0.3 is 0 Å². The van der Waals surface area contributed by atoms with Gasteiger partial charge in [-0.1, -0.05) is 6.92 Å². The molecule has 1 aliphatic carbocycles. The molecular weight excluding hydrogens is 192 g/mol. The molecule has 0 radical (unpaired) electrons. The van der Waals surface area contributed by atoms with Crippen molar-refractivity contribution in [3.05, 3.63) is 18.1 Å². The highest BCUT2D eigenvalue weighted by Gasteiger charge is 2.39. The molecule has 1 N–H and O–H groups in total. The van der Waals surface area contributed by atoms with E-state index < -0.39 is 0 Å². The molecule has 0 aliphatic heterocycles. The summed E-state index contributed by atoms with van der Waals surface area (Å²) in [6.45, 7) is 2.11. The summed E-state index contributed by atoms with van der Waals surface area (Å²) >= 11 is 0. The van der Waals surface area contributed by atoms with E-state index in [1.54, 1.807) is 19.5 Å². The van der Waals surface area contributed by atoms with Gasteiger partial charge in [-0.3, -0.25) is 4.98 Å². The molecule has 1 aromatic heterocycles. The molecule has 4 heteroatoms.